The van der Waals surface area contributed by atoms with Gasteiger partial charge in [0, 0.05) is 5.75 Å². The number of rotatable bonds is 5. The van der Waals surface area contributed by atoms with Crippen molar-refractivity contribution in [1.82, 2.24) is 9.97 Å². The lowest BCUT2D eigenvalue weighted by Gasteiger charge is -2.18. The minimum absolute atomic E-state index is 0.162. The van der Waals surface area contributed by atoms with Gasteiger partial charge in [-0.05, 0) is 19.3 Å². The molecule has 0 radical (unpaired) electrons. The highest BCUT2D eigenvalue weighted by molar-refractivity contribution is 7.99. The maximum Gasteiger partial charge on any atom is 0.191 e. The molecule has 1 fully saturated rings. The van der Waals surface area contributed by atoms with Crippen molar-refractivity contribution in [1.29, 1.82) is 0 Å². The number of halogens is 2. The molecule has 1 heterocycles. The number of anilines is 2. The van der Waals surface area contributed by atoms with E-state index in [0.717, 1.165) is 12.2 Å². The molecule has 112 valence electrons. The predicted octanol–water partition coefficient (Wildman–Crippen LogP) is 2.49. The summed E-state index contributed by atoms with van der Waals surface area (Å²) >= 11 is 7.45. The SMILES string of the molecule is CCCSc1nc(Cl)c(N)c(N[C@H]2CCC(O)C2F)n1. The monoisotopic (exact) mass is 320 g/mol. The number of alkyl halides is 1. The summed E-state index contributed by atoms with van der Waals surface area (Å²) in [5, 5.41) is 13.0. The van der Waals surface area contributed by atoms with Gasteiger partial charge in [0.25, 0.3) is 0 Å². The van der Waals surface area contributed by atoms with E-state index in [0.29, 0.717) is 23.8 Å². The standard InChI is InChI=1S/C12H18ClFN4OS/c1-2-5-20-12-17-10(13)9(15)11(18-12)16-6-3-4-7(19)8(6)14/h6-8,19H,2-5,15H2,1H3,(H,16,17,18)/t6-,7?,8?/m0/s1. The third-order valence-electron chi connectivity index (χ3n) is 3.16. The molecule has 0 spiro atoms. The van der Waals surface area contributed by atoms with Crippen molar-refractivity contribution in [3.05, 3.63) is 5.15 Å². The average molecular weight is 321 g/mol. The summed E-state index contributed by atoms with van der Waals surface area (Å²) in [6.45, 7) is 2.05. The van der Waals surface area contributed by atoms with Crippen LogP contribution in [0.1, 0.15) is 26.2 Å². The molecule has 0 bridgehead atoms. The van der Waals surface area contributed by atoms with Crippen LogP contribution in [0, 0.1) is 0 Å². The number of thioether (sulfide) groups is 1. The second-order valence-electron chi connectivity index (χ2n) is 4.75. The molecule has 8 heteroatoms. The van der Waals surface area contributed by atoms with Crippen molar-refractivity contribution in [2.24, 2.45) is 0 Å². The number of aromatic nitrogens is 2. The second kappa shape index (κ2) is 6.78. The summed E-state index contributed by atoms with van der Waals surface area (Å²) in [7, 11) is 0. The predicted molar refractivity (Wildman–Crippen MR) is 80.0 cm³/mol. The molecule has 2 rings (SSSR count). The van der Waals surface area contributed by atoms with Crippen LogP contribution < -0.4 is 11.1 Å². The molecule has 4 N–H and O–H groups in total. The second-order valence-corrected chi connectivity index (χ2v) is 6.17. The summed E-state index contributed by atoms with van der Waals surface area (Å²) < 4.78 is 13.8. The Bertz CT molecular complexity index is 479. The van der Waals surface area contributed by atoms with Gasteiger partial charge in [0.1, 0.15) is 11.9 Å². The molecule has 0 amide bonds. The average Bonchev–Trinajstić information content (AvgIpc) is 2.73. The summed E-state index contributed by atoms with van der Waals surface area (Å²) in [6, 6.07) is -0.498. The van der Waals surface area contributed by atoms with E-state index in [2.05, 4.69) is 22.2 Å². The van der Waals surface area contributed by atoms with Crippen molar-refractivity contribution in [2.45, 2.75) is 49.7 Å². The highest BCUT2D eigenvalue weighted by Gasteiger charge is 2.35. The first-order chi connectivity index (χ1) is 9.52. The van der Waals surface area contributed by atoms with Crippen LogP contribution >= 0.6 is 23.4 Å². The number of nitrogen functional groups attached to an aromatic ring is 1. The van der Waals surface area contributed by atoms with Gasteiger partial charge in [-0.3, -0.25) is 0 Å². The topological polar surface area (TPSA) is 84.1 Å². The van der Waals surface area contributed by atoms with Gasteiger partial charge < -0.3 is 16.2 Å². The Morgan fingerprint density at radius 1 is 1.50 bits per heavy atom. The normalized spacial score (nSPS) is 25.9. The van der Waals surface area contributed by atoms with E-state index in [4.69, 9.17) is 17.3 Å². The number of nitrogens with zero attached hydrogens (tertiary/aromatic N) is 2. The molecule has 1 aromatic heterocycles. The van der Waals surface area contributed by atoms with Gasteiger partial charge in [0.2, 0.25) is 0 Å². The first-order valence-electron chi connectivity index (χ1n) is 6.57. The van der Waals surface area contributed by atoms with Gasteiger partial charge in [-0.1, -0.05) is 30.3 Å². The number of nitrogens with two attached hydrogens (primary N) is 1. The van der Waals surface area contributed by atoms with Gasteiger partial charge >= 0.3 is 0 Å². The maximum absolute atomic E-state index is 13.8. The molecule has 1 aromatic rings. The third kappa shape index (κ3) is 3.45. The molecular weight excluding hydrogens is 303 g/mol. The van der Waals surface area contributed by atoms with Gasteiger partial charge in [-0.2, -0.15) is 0 Å². The van der Waals surface area contributed by atoms with Crippen LogP contribution in [0.5, 0.6) is 0 Å². The first kappa shape index (κ1) is 15.6. The zero-order valence-corrected chi connectivity index (χ0v) is 12.7. The van der Waals surface area contributed by atoms with Crippen LogP contribution in [-0.4, -0.2) is 39.1 Å². The fraction of sp³-hybridized carbons (Fsp3) is 0.667. The van der Waals surface area contributed by atoms with Crippen LogP contribution in [-0.2, 0) is 0 Å². The van der Waals surface area contributed by atoms with Crippen LogP contribution in [0.2, 0.25) is 5.15 Å². The lowest BCUT2D eigenvalue weighted by molar-refractivity contribution is 0.0994. The highest BCUT2D eigenvalue weighted by Crippen LogP contribution is 2.31. The van der Waals surface area contributed by atoms with Crippen LogP contribution in [0.3, 0.4) is 0 Å². The molecule has 0 aliphatic heterocycles. The molecular formula is C12H18ClFN4OS. The fourth-order valence-electron chi connectivity index (χ4n) is 2.05. The molecule has 3 atom stereocenters. The first-order valence-corrected chi connectivity index (χ1v) is 7.93. The van der Waals surface area contributed by atoms with Crippen LogP contribution in [0.4, 0.5) is 15.9 Å². The molecule has 2 unspecified atom stereocenters. The number of hydrogen-bond acceptors (Lipinski definition) is 6. The van der Waals surface area contributed by atoms with Crippen LogP contribution in [0.15, 0.2) is 5.16 Å². The van der Waals surface area contributed by atoms with E-state index in [1.165, 1.54) is 11.8 Å². The fourth-order valence-corrected chi connectivity index (χ4v) is 2.97. The number of aliphatic hydroxyl groups is 1. The van der Waals surface area contributed by atoms with Crippen LogP contribution in [0.25, 0.3) is 0 Å². The molecule has 5 nitrogen and oxygen atoms in total. The van der Waals surface area contributed by atoms with Gasteiger partial charge in [-0.25, -0.2) is 14.4 Å². The van der Waals surface area contributed by atoms with Crippen molar-refractivity contribution >= 4 is 34.9 Å². The Labute approximate surface area is 126 Å². The third-order valence-corrected chi connectivity index (χ3v) is 4.50. The summed E-state index contributed by atoms with van der Waals surface area (Å²) in [6.07, 6.45) is -0.314. The van der Waals surface area contributed by atoms with Crippen molar-refractivity contribution in [3.63, 3.8) is 0 Å². The quantitative estimate of drug-likeness (QED) is 0.439. The molecule has 20 heavy (non-hydrogen) atoms. The van der Waals surface area contributed by atoms with Crippen molar-refractivity contribution in [3.8, 4) is 0 Å². The molecule has 0 aromatic carbocycles. The minimum Gasteiger partial charge on any atom is -0.393 e. The molecule has 1 aliphatic carbocycles. The Hall–Kier alpha value is -0.790. The largest absolute Gasteiger partial charge is 0.393 e. The number of nitrogens with one attached hydrogen (secondary N) is 1. The Morgan fingerprint density at radius 2 is 2.25 bits per heavy atom. The van der Waals surface area contributed by atoms with E-state index in [-0.39, 0.29) is 10.8 Å². The number of aliphatic hydroxyl groups excluding tert-OH is 1. The van der Waals surface area contributed by atoms with E-state index in [1.54, 1.807) is 0 Å². The molecule has 1 aliphatic rings. The van der Waals surface area contributed by atoms with Crippen molar-refractivity contribution < 1.29 is 9.50 Å². The van der Waals surface area contributed by atoms with Gasteiger partial charge in [0.15, 0.2) is 16.1 Å². The van der Waals surface area contributed by atoms with E-state index in [9.17, 15) is 9.50 Å². The van der Waals surface area contributed by atoms with Gasteiger partial charge in [-0.15, -0.1) is 0 Å². The summed E-state index contributed by atoms with van der Waals surface area (Å²) in [5.41, 5.74) is 6.03. The minimum atomic E-state index is -1.32. The summed E-state index contributed by atoms with van der Waals surface area (Å²) in [4.78, 5) is 8.37. The Morgan fingerprint density at radius 3 is 2.85 bits per heavy atom. The zero-order chi connectivity index (χ0) is 14.7. The van der Waals surface area contributed by atoms with E-state index < -0.39 is 18.3 Å². The smallest absolute Gasteiger partial charge is 0.191 e. The Balaban J connectivity index is 2.15. The van der Waals surface area contributed by atoms with E-state index >= 15 is 0 Å². The Kier molecular flexibility index (Phi) is 5.29. The highest BCUT2D eigenvalue weighted by atomic mass is 35.5. The van der Waals surface area contributed by atoms with Gasteiger partial charge in [0.05, 0.1) is 12.1 Å². The van der Waals surface area contributed by atoms with Crippen molar-refractivity contribution in [2.75, 3.05) is 16.8 Å². The lowest BCUT2D eigenvalue weighted by atomic mass is 10.2. The maximum atomic E-state index is 13.8. The number of hydrogen-bond donors (Lipinski definition) is 3. The molecule has 0 saturated heterocycles. The summed E-state index contributed by atoms with van der Waals surface area (Å²) in [5.74, 6) is 1.21. The molecule has 1 saturated carbocycles. The lowest BCUT2D eigenvalue weighted by Crippen LogP contribution is -2.31. The van der Waals surface area contributed by atoms with E-state index in [1.807, 2.05) is 0 Å². The zero-order valence-electron chi connectivity index (χ0n) is 11.1.